The van der Waals surface area contributed by atoms with Crippen molar-refractivity contribution in [3.63, 3.8) is 0 Å². The molecule has 100 valence electrons. The first-order chi connectivity index (χ1) is 9.25. The maximum atomic E-state index is 5.77. The predicted octanol–water partition coefficient (Wildman–Crippen LogP) is 2.52. The molecule has 2 aromatic rings. The fraction of sp³-hybridized carbons (Fsp3) is 0.400. The quantitative estimate of drug-likeness (QED) is 0.898. The number of fused-ring (bicyclic) bond motifs is 1. The molecule has 0 unspecified atom stereocenters. The minimum atomic E-state index is 0.756. The van der Waals surface area contributed by atoms with E-state index in [0.717, 1.165) is 43.4 Å². The Balaban J connectivity index is 1.82. The van der Waals surface area contributed by atoms with Crippen LogP contribution in [0.25, 0.3) is 11.0 Å². The predicted molar refractivity (Wildman–Crippen MR) is 77.3 cm³/mol. The van der Waals surface area contributed by atoms with E-state index in [0.29, 0.717) is 0 Å². The molecule has 4 nitrogen and oxygen atoms in total. The Kier molecular flexibility index (Phi) is 3.15. The van der Waals surface area contributed by atoms with Crippen molar-refractivity contribution in [1.29, 1.82) is 0 Å². The molecule has 0 atom stereocenters. The average molecular weight is 257 g/mol. The lowest BCUT2D eigenvalue weighted by Crippen LogP contribution is -2.41. The van der Waals surface area contributed by atoms with Gasteiger partial charge < -0.3 is 14.6 Å². The summed E-state index contributed by atoms with van der Waals surface area (Å²) in [6.07, 6.45) is 1.13. The molecule has 1 aliphatic heterocycles. The highest BCUT2D eigenvalue weighted by molar-refractivity contribution is 5.84. The third-order valence-corrected chi connectivity index (χ3v) is 3.60. The van der Waals surface area contributed by atoms with E-state index in [1.54, 1.807) is 0 Å². The van der Waals surface area contributed by atoms with E-state index in [9.17, 15) is 0 Å². The van der Waals surface area contributed by atoms with E-state index in [1.165, 1.54) is 10.9 Å². The molecule has 0 saturated heterocycles. The average Bonchev–Trinajstić information content (AvgIpc) is 2.74. The van der Waals surface area contributed by atoms with Crippen molar-refractivity contribution in [2.75, 3.05) is 20.1 Å². The van der Waals surface area contributed by atoms with Gasteiger partial charge in [0.05, 0.1) is 0 Å². The van der Waals surface area contributed by atoms with Crippen LogP contribution in [0.3, 0.4) is 0 Å². The molecular formula is C15H19N3O. The zero-order valence-corrected chi connectivity index (χ0v) is 11.4. The number of benzene rings is 1. The summed E-state index contributed by atoms with van der Waals surface area (Å²) >= 11 is 0. The topological polar surface area (TPSA) is 40.8 Å². The molecule has 0 radical (unpaired) electrons. The molecule has 0 amide bonds. The summed E-state index contributed by atoms with van der Waals surface area (Å²) in [6, 6.07) is 8.16. The lowest BCUT2D eigenvalue weighted by atomic mass is 10.1. The van der Waals surface area contributed by atoms with Crippen LogP contribution in [0.2, 0.25) is 0 Å². The number of para-hydroxylation sites is 1. The Morgan fingerprint density at radius 3 is 3.05 bits per heavy atom. The molecule has 0 bridgehead atoms. The molecule has 1 aromatic heterocycles. The van der Waals surface area contributed by atoms with Crippen molar-refractivity contribution in [3.8, 4) is 0 Å². The molecule has 19 heavy (non-hydrogen) atoms. The summed E-state index contributed by atoms with van der Waals surface area (Å²) in [5.74, 6) is 1.96. The van der Waals surface area contributed by atoms with E-state index < -0.39 is 0 Å². The number of guanidine groups is 1. The van der Waals surface area contributed by atoms with E-state index >= 15 is 0 Å². The molecular weight excluding hydrogens is 238 g/mol. The van der Waals surface area contributed by atoms with Gasteiger partial charge in [0.25, 0.3) is 0 Å². The number of rotatable bonds is 2. The highest BCUT2D eigenvalue weighted by Crippen LogP contribution is 2.24. The maximum absolute atomic E-state index is 5.77. The van der Waals surface area contributed by atoms with Crippen molar-refractivity contribution in [2.45, 2.75) is 19.9 Å². The number of hydrogen-bond donors (Lipinski definition) is 1. The minimum Gasteiger partial charge on any atom is -0.461 e. The fourth-order valence-corrected chi connectivity index (χ4v) is 2.52. The third kappa shape index (κ3) is 2.30. The number of furan rings is 1. The first-order valence-corrected chi connectivity index (χ1v) is 6.72. The third-order valence-electron chi connectivity index (χ3n) is 3.60. The Labute approximate surface area is 113 Å². The fourth-order valence-electron chi connectivity index (χ4n) is 2.52. The number of hydrogen-bond acceptors (Lipinski definition) is 4. The van der Waals surface area contributed by atoms with Crippen molar-refractivity contribution < 1.29 is 4.42 Å². The summed E-state index contributed by atoms with van der Waals surface area (Å²) in [5.41, 5.74) is 2.17. The Morgan fingerprint density at radius 2 is 2.21 bits per heavy atom. The zero-order valence-electron chi connectivity index (χ0n) is 11.4. The van der Waals surface area contributed by atoms with Crippen LogP contribution in [0, 0.1) is 6.92 Å². The highest BCUT2D eigenvalue weighted by Gasteiger charge is 2.14. The molecule has 0 fully saturated rings. The van der Waals surface area contributed by atoms with Crippen LogP contribution >= 0.6 is 0 Å². The monoisotopic (exact) mass is 257 g/mol. The number of aryl methyl sites for hydroxylation is 1. The van der Waals surface area contributed by atoms with Gasteiger partial charge in [0.1, 0.15) is 11.3 Å². The molecule has 1 N–H and O–H groups in total. The van der Waals surface area contributed by atoms with Gasteiger partial charge in [-0.3, -0.25) is 4.99 Å². The lowest BCUT2D eigenvalue weighted by Gasteiger charge is -2.25. The minimum absolute atomic E-state index is 0.756. The van der Waals surface area contributed by atoms with E-state index in [-0.39, 0.29) is 0 Å². The van der Waals surface area contributed by atoms with Crippen LogP contribution in [0.5, 0.6) is 0 Å². The normalized spacial score (nSPS) is 15.7. The van der Waals surface area contributed by atoms with Crippen LogP contribution in [0.1, 0.15) is 17.7 Å². The number of nitrogens with zero attached hydrogens (tertiary/aromatic N) is 2. The van der Waals surface area contributed by atoms with Gasteiger partial charge in [-0.25, -0.2) is 0 Å². The van der Waals surface area contributed by atoms with Crippen molar-refractivity contribution in [3.05, 3.63) is 35.6 Å². The van der Waals surface area contributed by atoms with Crippen LogP contribution < -0.4 is 5.32 Å². The second-order valence-electron chi connectivity index (χ2n) is 4.97. The molecule has 2 heterocycles. The van der Waals surface area contributed by atoms with Gasteiger partial charge in [-0.2, -0.15) is 0 Å². The maximum Gasteiger partial charge on any atom is 0.193 e. The van der Waals surface area contributed by atoms with Crippen LogP contribution in [-0.2, 0) is 6.54 Å². The van der Waals surface area contributed by atoms with Gasteiger partial charge in [-0.1, -0.05) is 18.2 Å². The van der Waals surface area contributed by atoms with Gasteiger partial charge >= 0.3 is 0 Å². The van der Waals surface area contributed by atoms with Gasteiger partial charge in [0.2, 0.25) is 0 Å². The van der Waals surface area contributed by atoms with Gasteiger partial charge in [-0.05, 0) is 19.4 Å². The van der Waals surface area contributed by atoms with Crippen LogP contribution in [0.15, 0.2) is 33.7 Å². The standard InChI is InChI=1S/C15H19N3O/c1-11-13(12-6-3-4-7-14(12)19-11)10-17-15-16-8-5-9-18(15)2/h3-4,6-7H,5,8-10H2,1-2H3,(H,16,17). The van der Waals surface area contributed by atoms with Crippen LogP contribution in [-0.4, -0.2) is 31.0 Å². The molecule has 1 aromatic carbocycles. The second-order valence-corrected chi connectivity index (χ2v) is 4.97. The highest BCUT2D eigenvalue weighted by atomic mass is 16.3. The Bertz CT molecular complexity index is 615. The Hall–Kier alpha value is -1.97. The molecule has 1 aliphatic rings. The second kappa shape index (κ2) is 4.96. The Morgan fingerprint density at radius 1 is 1.37 bits per heavy atom. The van der Waals surface area contributed by atoms with Gasteiger partial charge in [-0.15, -0.1) is 0 Å². The lowest BCUT2D eigenvalue weighted by molar-refractivity contribution is 0.445. The zero-order chi connectivity index (χ0) is 13.2. The molecule has 0 aliphatic carbocycles. The van der Waals surface area contributed by atoms with E-state index in [2.05, 4.69) is 28.3 Å². The first-order valence-electron chi connectivity index (χ1n) is 6.72. The molecule has 3 rings (SSSR count). The molecule has 4 heteroatoms. The van der Waals surface area contributed by atoms with Gasteiger partial charge in [0.15, 0.2) is 5.96 Å². The molecule has 0 saturated carbocycles. The summed E-state index contributed by atoms with van der Waals surface area (Å²) in [5, 5.41) is 4.61. The summed E-state index contributed by atoms with van der Waals surface area (Å²) in [6.45, 7) is 4.75. The number of nitrogens with one attached hydrogen (secondary N) is 1. The first kappa shape index (κ1) is 12.1. The van der Waals surface area contributed by atoms with E-state index in [1.807, 2.05) is 25.1 Å². The SMILES string of the molecule is Cc1oc2ccccc2c1CNC1=NCCCN1C. The van der Waals surface area contributed by atoms with Crippen LogP contribution in [0.4, 0.5) is 0 Å². The smallest absolute Gasteiger partial charge is 0.193 e. The van der Waals surface area contributed by atoms with Gasteiger partial charge in [0, 0.05) is 37.6 Å². The summed E-state index contributed by atoms with van der Waals surface area (Å²) < 4.78 is 5.77. The molecule has 0 spiro atoms. The summed E-state index contributed by atoms with van der Waals surface area (Å²) in [4.78, 5) is 6.69. The van der Waals surface area contributed by atoms with Crippen molar-refractivity contribution >= 4 is 16.9 Å². The largest absolute Gasteiger partial charge is 0.461 e. The summed E-state index contributed by atoms with van der Waals surface area (Å²) in [7, 11) is 2.07. The van der Waals surface area contributed by atoms with E-state index in [4.69, 9.17) is 4.42 Å². The van der Waals surface area contributed by atoms with Crippen molar-refractivity contribution in [1.82, 2.24) is 10.2 Å². The number of aliphatic imine (C=N–C) groups is 1. The van der Waals surface area contributed by atoms with Crippen molar-refractivity contribution in [2.24, 2.45) is 4.99 Å².